The summed E-state index contributed by atoms with van der Waals surface area (Å²) in [5.41, 5.74) is 1.05. The number of para-hydroxylation sites is 1. The van der Waals surface area contributed by atoms with Crippen LogP contribution in [0.2, 0.25) is 0 Å². The quantitative estimate of drug-likeness (QED) is 0.682. The normalized spacial score (nSPS) is 17.0. The van der Waals surface area contributed by atoms with Crippen LogP contribution in [0.15, 0.2) is 57.9 Å². The minimum absolute atomic E-state index is 0.0858. The zero-order chi connectivity index (χ0) is 18.7. The molecule has 3 rings (SSSR count). The molecule has 0 aromatic heterocycles. The van der Waals surface area contributed by atoms with E-state index < -0.39 is 11.7 Å². The summed E-state index contributed by atoms with van der Waals surface area (Å²) in [6.07, 6.45) is 0.0858. The third-order valence-electron chi connectivity index (χ3n) is 3.98. The molecule has 1 fully saturated rings. The molecule has 136 valence electrons. The SMILES string of the molecule is O=C(Nc1ccccc1SC(F)F)C1CC(=O)N(c2cccc(Br)c2)C1. The first kappa shape index (κ1) is 18.8. The molecule has 0 bridgehead atoms. The smallest absolute Gasteiger partial charge is 0.288 e. The first-order chi connectivity index (χ1) is 12.4. The number of carbonyl (C=O) groups excluding carboxylic acids is 2. The molecule has 1 heterocycles. The van der Waals surface area contributed by atoms with Gasteiger partial charge in [0.2, 0.25) is 11.8 Å². The van der Waals surface area contributed by atoms with Crippen molar-refractivity contribution in [2.24, 2.45) is 5.92 Å². The molecule has 26 heavy (non-hydrogen) atoms. The number of nitrogens with zero attached hydrogens (tertiary/aromatic N) is 1. The van der Waals surface area contributed by atoms with Gasteiger partial charge in [0.25, 0.3) is 5.76 Å². The van der Waals surface area contributed by atoms with Crippen molar-refractivity contribution in [3.63, 3.8) is 0 Å². The summed E-state index contributed by atoms with van der Waals surface area (Å²) in [5, 5.41) is 2.68. The van der Waals surface area contributed by atoms with Crippen molar-refractivity contribution in [1.82, 2.24) is 0 Å². The number of anilines is 2. The number of carbonyl (C=O) groups is 2. The lowest BCUT2D eigenvalue weighted by molar-refractivity contribution is -0.122. The highest BCUT2D eigenvalue weighted by atomic mass is 79.9. The molecule has 0 spiro atoms. The van der Waals surface area contributed by atoms with Crippen molar-refractivity contribution < 1.29 is 18.4 Å². The molecule has 1 N–H and O–H groups in total. The fourth-order valence-electron chi connectivity index (χ4n) is 2.78. The van der Waals surface area contributed by atoms with Crippen LogP contribution in [0.3, 0.4) is 0 Å². The third kappa shape index (κ3) is 4.42. The Labute approximate surface area is 162 Å². The van der Waals surface area contributed by atoms with Crippen molar-refractivity contribution >= 4 is 50.9 Å². The predicted octanol–water partition coefficient (Wildman–Crippen LogP) is 4.76. The van der Waals surface area contributed by atoms with Crippen LogP contribution in [0.4, 0.5) is 20.2 Å². The van der Waals surface area contributed by atoms with Crippen LogP contribution in [-0.2, 0) is 9.59 Å². The molecular weight excluding hydrogens is 426 g/mol. The van der Waals surface area contributed by atoms with Crippen LogP contribution >= 0.6 is 27.7 Å². The van der Waals surface area contributed by atoms with Crippen LogP contribution in [-0.4, -0.2) is 24.1 Å². The molecule has 1 aliphatic heterocycles. The Kier molecular flexibility index (Phi) is 5.93. The van der Waals surface area contributed by atoms with Gasteiger partial charge in [-0.2, -0.15) is 8.78 Å². The van der Waals surface area contributed by atoms with Crippen LogP contribution in [0, 0.1) is 5.92 Å². The molecule has 1 aliphatic rings. The van der Waals surface area contributed by atoms with E-state index in [1.165, 1.54) is 6.07 Å². The zero-order valence-corrected chi connectivity index (χ0v) is 15.9. The van der Waals surface area contributed by atoms with Crippen LogP contribution < -0.4 is 10.2 Å². The van der Waals surface area contributed by atoms with Gasteiger partial charge in [0.05, 0.1) is 11.6 Å². The number of thioether (sulfide) groups is 1. The predicted molar refractivity (Wildman–Crippen MR) is 102 cm³/mol. The summed E-state index contributed by atoms with van der Waals surface area (Å²) in [4.78, 5) is 26.7. The summed E-state index contributed by atoms with van der Waals surface area (Å²) in [6.45, 7) is 0.255. The van der Waals surface area contributed by atoms with E-state index in [0.717, 1.165) is 4.47 Å². The van der Waals surface area contributed by atoms with Crippen LogP contribution in [0.25, 0.3) is 0 Å². The Morgan fingerprint density at radius 1 is 1.23 bits per heavy atom. The Hall–Kier alpha value is -1.93. The second-order valence-electron chi connectivity index (χ2n) is 5.75. The van der Waals surface area contributed by atoms with Crippen LogP contribution in [0.5, 0.6) is 0 Å². The molecule has 0 saturated carbocycles. The number of nitrogens with one attached hydrogen (secondary N) is 1. The lowest BCUT2D eigenvalue weighted by Crippen LogP contribution is -2.28. The average Bonchev–Trinajstić information content (AvgIpc) is 2.98. The monoisotopic (exact) mass is 440 g/mol. The van der Waals surface area contributed by atoms with Gasteiger partial charge in [0.15, 0.2) is 0 Å². The lowest BCUT2D eigenvalue weighted by Gasteiger charge is -2.17. The lowest BCUT2D eigenvalue weighted by atomic mass is 10.1. The van der Waals surface area contributed by atoms with E-state index in [1.54, 1.807) is 29.2 Å². The molecule has 1 saturated heterocycles. The molecule has 2 aromatic rings. The molecule has 1 atom stereocenters. The second-order valence-corrected chi connectivity index (χ2v) is 7.70. The minimum atomic E-state index is -2.58. The van der Waals surface area contributed by atoms with E-state index in [9.17, 15) is 18.4 Å². The van der Waals surface area contributed by atoms with E-state index in [0.29, 0.717) is 28.0 Å². The van der Waals surface area contributed by atoms with Gasteiger partial charge < -0.3 is 10.2 Å². The van der Waals surface area contributed by atoms with Gasteiger partial charge in [0, 0.05) is 28.0 Å². The summed E-state index contributed by atoms with van der Waals surface area (Å²) in [7, 11) is 0. The topological polar surface area (TPSA) is 49.4 Å². The standard InChI is InChI=1S/C18H15BrF2N2O2S/c19-12-4-3-5-13(9-12)23-10-11(8-16(23)24)17(25)22-14-6-1-2-7-15(14)26-18(20)21/h1-7,9,11,18H,8,10H2,(H,22,25). The molecule has 0 aliphatic carbocycles. The van der Waals surface area contributed by atoms with Gasteiger partial charge in [-0.05, 0) is 30.3 Å². The molecule has 1 unspecified atom stereocenters. The van der Waals surface area contributed by atoms with E-state index in [1.807, 2.05) is 18.2 Å². The molecule has 2 amide bonds. The highest BCUT2D eigenvalue weighted by Crippen LogP contribution is 2.33. The van der Waals surface area contributed by atoms with Crippen molar-refractivity contribution in [3.05, 3.63) is 53.0 Å². The average molecular weight is 441 g/mol. The summed E-state index contributed by atoms with van der Waals surface area (Å²) in [5.74, 6) is -3.60. The highest BCUT2D eigenvalue weighted by molar-refractivity contribution is 9.10. The Morgan fingerprint density at radius 2 is 2.00 bits per heavy atom. The Bertz CT molecular complexity index is 834. The summed E-state index contributed by atoms with van der Waals surface area (Å²) in [6, 6.07) is 13.7. The number of halogens is 3. The molecule has 4 nitrogen and oxygen atoms in total. The number of amides is 2. The van der Waals surface area contributed by atoms with E-state index in [2.05, 4.69) is 21.2 Å². The molecule has 8 heteroatoms. The molecule has 0 radical (unpaired) electrons. The number of hydrogen-bond donors (Lipinski definition) is 1. The van der Waals surface area contributed by atoms with Crippen molar-refractivity contribution in [2.75, 3.05) is 16.8 Å². The number of alkyl halides is 2. The number of rotatable bonds is 5. The molecule has 2 aromatic carbocycles. The van der Waals surface area contributed by atoms with Gasteiger partial charge in [-0.1, -0.05) is 45.9 Å². The summed E-state index contributed by atoms with van der Waals surface area (Å²) < 4.78 is 26.2. The van der Waals surface area contributed by atoms with Crippen LogP contribution in [0.1, 0.15) is 6.42 Å². The van der Waals surface area contributed by atoms with Gasteiger partial charge in [-0.3, -0.25) is 9.59 Å². The van der Waals surface area contributed by atoms with E-state index in [-0.39, 0.29) is 24.8 Å². The molecular formula is C18H15BrF2N2O2S. The largest absolute Gasteiger partial charge is 0.325 e. The van der Waals surface area contributed by atoms with Gasteiger partial charge in [0.1, 0.15) is 0 Å². The third-order valence-corrected chi connectivity index (χ3v) is 5.26. The first-order valence-electron chi connectivity index (χ1n) is 7.84. The van der Waals surface area contributed by atoms with Gasteiger partial charge in [-0.25, -0.2) is 0 Å². The number of hydrogen-bond acceptors (Lipinski definition) is 3. The van der Waals surface area contributed by atoms with Gasteiger partial charge >= 0.3 is 0 Å². The van der Waals surface area contributed by atoms with E-state index >= 15 is 0 Å². The highest BCUT2D eigenvalue weighted by Gasteiger charge is 2.35. The van der Waals surface area contributed by atoms with Crippen molar-refractivity contribution in [2.45, 2.75) is 17.1 Å². The van der Waals surface area contributed by atoms with Gasteiger partial charge in [-0.15, -0.1) is 0 Å². The van der Waals surface area contributed by atoms with E-state index in [4.69, 9.17) is 0 Å². The Balaban J connectivity index is 1.71. The number of benzene rings is 2. The second kappa shape index (κ2) is 8.18. The van der Waals surface area contributed by atoms with Crippen molar-refractivity contribution in [3.8, 4) is 0 Å². The maximum atomic E-state index is 12.7. The Morgan fingerprint density at radius 3 is 2.73 bits per heavy atom. The fourth-order valence-corrected chi connectivity index (χ4v) is 3.76. The van der Waals surface area contributed by atoms with Crippen molar-refractivity contribution in [1.29, 1.82) is 0 Å². The summed E-state index contributed by atoms with van der Waals surface area (Å²) >= 11 is 3.74. The minimum Gasteiger partial charge on any atom is -0.325 e. The first-order valence-corrected chi connectivity index (χ1v) is 9.52. The fraction of sp³-hybridized carbons (Fsp3) is 0.222. The zero-order valence-electron chi connectivity index (χ0n) is 13.5. The maximum Gasteiger partial charge on any atom is 0.288 e. The maximum absolute atomic E-state index is 12.7.